The third-order valence-corrected chi connectivity index (χ3v) is 4.69. The summed E-state index contributed by atoms with van der Waals surface area (Å²) in [6, 6.07) is 12.7. The lowest BCUT2D eigenvalue weighted by atomic mass is 10.1. The minimum absolute atomic E-state index is 0. The van der Waals surface area contributed by atoms with Crippen molar-refractivity contribution in [2.24, 2.45) is 4.99 Å². The highest BCUT2D eigenvalue weighted by Gasteiger charge is 2.16. The molecule has 1 aliphatic rings. The summed E-state index contributed by atoms with van der Waals surface area (Å²) in [5, 5.41) is 6.64. The lowest BCUT2D eigenvalue weighted by molar-refractivity contribution is 0.174. The average molecular weight is 514 g/mol. The highest BCUT2D eigenvalue weighted by molar-refractivity contribution is 14.0. The van der Waals surface area contributed by atoms with E-state index >= 15 is 0 Å². The molecule has 2 N–H and O–H groups in total. The highest BCUT2D eigenvalue weighted by Crippen LogP contribution is 2.32. The van der Waals surface area contributed by atoms with E-state index in [0.717, 1.165) is 35.6 Å². The summed E-state index contributed by atoms with van der Waals surface area (Å²) in [4.78, 5) is 6.33. The maximum absolute atomic E-state index is 13.6. The van der Waals surface area contributed by atoms with E-state index in [1.165, 1.54) is 6.07 Å². The van der Waals surface area contributed by atoms with Crippen LogP contribution >= 0.6 is 24.0 Å². The number of halogens is 2. The molecule has 0 aromatic heterocycles. The number of nitrogens with zero attached hydrogens (tertiary/aromatic N) is 2. The van der Waals surface area contributed by atoms with Gasteiger partial charge in [0.1, 0.15) is 5.82 Å². The van der Waals surface area contributed by atoms with Gasteiger partial charge >= 0.3 is 0 Å². The summed E-state index contributed by atoms with van der Waals surface area (Å²) < 4.78 is 24.3. The van der Waals surface area contributed by atoms with Crippen LogP contribution in [0.1, 0.15) is 17.2 Å². The number of ether oxygens (including phenoxy) is 2. The van der Waals surface area contributed by atoms with Crippen molar-refractivity contribution in [2.45, 2.75) is 12.5 Å². The maximum Gasteiger partial charge on any atom is 0.231 e. The Bertz CT molecular complexity index is 832. The maximum atomic E-state index is 13.6. The Morgan fingerprint density at radius 3 is 2.66 bits per heavy atom. The van der Waals surface area contributed by atoms with Crippen molar-refractivity contribution in [1.29, 1.82) is 0 Å². The average Bonchev–Trinajstić information content (AvgIpc) is 3.14. The molecule has 29 heavy (non-hydrogen) atoms. The second-order valence-corrected chi connectivity index (χ2v) is 6.85. The summed E-state index contributed by atoms with van der Waals surface area (Å²) >= 11 is 0. The molecule has 0 fully saturated rings. The van der Waals surface area contributed by atoms with E-state index in [4.69, 9.17) is 9.47 Å². The number of hydrogen-bond donors (Lipinski definition) is 2. The van der Waals surface area contributed by atoms with E-state index < -0.39 is 0 Å². The Morgan fingerprint density at radius 2 is 1.93 bits per heavy atom. The van der Waals surface area contributed by atoms with Crippen LogP contribution in [0, 0.1) is 5.82 Å². The van der Waals surface area contributed by atoms with Crippen LogP contribution in [0.25, 0.3) is 0 Å². The van der Waals surface area contributed by atoms with E-state index in [1.54, 1.807) is 19.2 Å². The predicted molar refractivity (Wildman–Crippen MR) is 124 cm³/mol. The monoisotopic (exact) mass is 514 g/mol. The van der Waals surface area contributed by atoms with E-state index in [2.05, 4.69) is 20.5 Å². The molecule has 1 aliphatic heterocycles. The molecule has 1 unspecified atom stereocenters. The summed E-state index contributed by atoms with van der Waals surface area (Å²) in [5.41, 5.74) is 2.09. The van der Waals surface area contributed by atoms with Gasteiger partial charge < -0.3 is 25.0 Å². The molecule has 1 atom stereocenters. The van der Waals surface area contributed by atoms with Crippen LogP contribution in [-0.4, -0.2) is 51.9 Å². The molecule has 3 rings (SSSR count). The fraction of sp³-hybridized carbons (Fsp3) is 0.381. The van der Waals surface area contributed by atoms with E-state index in [1.807, 2.05) is 38.4 Å². The molecular formula is C21H28FIN4O2. The zero-order chi connectivity index (χ0) is 19.9. The third-order valence-electron chi connectivity index (χ3n) is 4.69. The van der Waals surface area contributed by atoms with Crippen molar-refractivity contribution in [3.05, 3.63) is 59.4 Å². The molecule has 2 aromatic rings. The topological polar surface area (TPSA) is 58.1 Å². The first kappa shape index (κ1) is 23.2. The van der Waals surface area contributed by atoms with Crippen molar-refractivity contribution in [2.75, 3.05) is 41.0 Å². The first-order chi connectivity index (χ1) is 13.6. The number of benzene rings is 2. The summed E-state index contributed by atoms with van der Waals surface area (Å²) in [6.07, 6.45) is 0.832. The molecule has 0 amide bonds. The molecule has 6 nitrogen and oxygen atoms in total. The first-order valence-electron chi connectivity index (χ1n) is 9.32. The number of rotatable bonds is 7. The fourth-order valence-electron chi connectivity index (χ4n) is 3.15. The van der Waals surface area contributed by atoms with Gasteiger partial charge in [-0.15, -0.1) is 24.0 Å². The molecular weight excluding hydrogens is 486 g/mol. The van der Waals surface area contributed by atoms with Crippen molar-refractivity contribution in [1.82, 2.24) is 15.5 Å². The standard InChI is InChI=1S/C21H27FN4O2.HI/c1-23-21(24-10-9-15-7-8-19-20(11-15)28-14-27-19)25-13-18(26(2)3)16-5-4-6-17(22)12-16;/h4-8,11-12,18H,9-10,13-14H2,1-3H3,(H2,23,24,25);1H. The molecule has 8 heteroatoms. The quantitative estimate of drug-likeness (QED) is 0.338. The Labute approximate surface area is 188 Å². The number of nitrogens with one attached hydrogen (secondary N) is 2. The Kier molecular flexibility index (Phi) is 8.97. The number of guanidine groups is 1. The normalized spacial score (nSPS) is 13.8. The minimum atomic E-state index is -0.226. The van der Waals surface area contributed by atoms with Gasteiger partial charge in [-0.2, -0.15) is 0 Å². The van der Waals surface area contributed by atoms with Crippen molar-refractivity contribution in [3.8, 4) is 11.5 Å². The smallest absolute Gasteiger partial charge is 0.231 e. The van der Waals surface area contributed by atoms with Crippen molar-refractivity contribution >= 4 is 29.9 Å². The van der Waals surface area contributed by atoms with Crippen LogP contribution in [0.2, 0.25) is 0 Å². The van der Waals surface area contributed by atoms with Gasteiger partial charge in [0.2, 0.25) is 6.79 Å². The van der Waals surface area contributed by atoms with Gasteiger partial charge in [-0.1, -0.05) is 18.2 Å². The number of aliphatic imine (C=N–C) groups is 1. The zero-order valence-electron chi connectivity index (χ0n) is 16.9. The van der Waals surface area contributed by atoms with Crippen molar-refractivity contribution < 1.29 is 13.9 Å². The van der Waals surface area contributed by atoms with Crippen molar-refractivity contribution in [3.63, 3.8) is 0 Å². The lowest BCUT2D eigenvalue weighted by Gasteiger charge is -2.26. The predicted octanol–water partition coefficient (Wildman–Crippen LogP) is 3.18. The molecule has 0 radical (unpaired) electrons. The minimum Gasteiger partial charge on any atom is -0.454 e. The van der Waals surface area contributed by atoms with E-state index in [0.29, 0.717) is 12.5 Å². The van der Waals surface area contributed by atoms with Crippen LogP contribution in [0.4, 0.5) is 4.39 Å². The van der Waals surface area contributed by atoms with Gasteiger partial charge in [-0.3, -0.25) is 4.99 Å². The molecule has 0 spiro atoms. The van der Waals surface area contributed by atoms with E-state index in [9.17, 15) is 4.39 Å². The summed E-state index contributed by atoms with van der Waals surface area (Å²) in [7, 11) is 5.70. The molecule has 0 aliphatic carbocycles. The second-order valence-electron chi connectivity index (χ2n) is 6.85. The first-order valence-corrected chi connectivity index (χ1v) is 9.32. The van der Waals surface area contributed by atoms with Gasteiger partial charge in [0.05, 0.1) is 6.04 Å². The Morgan fingerprint density at radius 1 is 1.14 bits per heavy atom. The SMILES string of the molecule is CN=C(NCCc1ccc2c(c1)OCO2)NCC(c1cccc(F)c1)N(C)C.I. The fourth-order valence-corrected chi connectivity index (χ4v) is 3.15. The van der Waals surface area contributed by atoms with Gasteiger partial charge in [0.25, 0.3) is 0 Å². The molecule has 2 aromatic carbocycles. The van der Waals surface area contributed by atoms with Crippen LogP contribution in [0.3, 0.4) is 0 Å². The molecule has 0 saturated heterocycles. The van der Waals surface area contributed by atoms with Crippen LogP contribution in [-0.2, 0) is 6.42 Å². The van der Waals surface area contributed by atoms with Crippen LogP contribution < -0.4 is 20.1 Å². The number of hydrogen-bond acceptors (Lipinski definition) is 4. The molecule has 1 heterocycles. The second kappa shape index (κ2) is 11.2. The molecule has 0 bridgehead atoms. The van der Waals surface area contributed by atoms with Gasteiger partial charge in [0.15, 0.2) is 17.5 Å². The van der Waals surface area contributed by atoms with E-state index in [-0.39, 0.29) is 42.6 Å². The van der Waals surface area contributed by atoms with Gasteiger partial charge in [-0.25, -0.2) is 4.39 Å². The number of fused-ring (bicyclic) bond motifs is 1. The highest BCUT2D eigenvalue weighted by atomic mass is 127. The zero-order valence-corrected chi connectivity index (χ0v) is 19.3. The summed E-state index contributed by atoms with van der Waals surface area (Å²) in [5.74, 6) is 2.07. The van der Waals surface area contributed by atoms with Gasteiger partial charge in [0, 0.05) is 20.1 Å². The molecule has 0 saturated carbocycles. The summed E-state index contributed by atoms with van der Waals surface area (Å²) in [6.45, 7) is 1.62. The Hall–Kier alpha value is -2.07. The largest absolute Gasteiger partial charge is 0.454 e. The molecule has 158 valence electrons. The number of likely N-dealkylation sites (N-methyl/N-ethyl adjacent to an activating group) is 1. The van der Waals surface area contributed by atoms with Crippen LogP contribution in [0.15, 0.2) is 47.5 Å². The lowest BCUT2D eigenvalue weighted by Crippen LogP contribution is -2.42. The van der Waals surface area contributed by atoms with Gasteiger partial charge in [-0.05, 0) is 55.9 Å². The third kappa shape index (κ3) is 6.46. The Balaban J connectivity index is 0.00000300. The van der Waals surface area contributed by atoms with Crippen LogP contribution in [0.5, 0.6) is 11.5 Å².